The number of rotatable bonds is 6. The molecule has 2 saturated heterocycles. The highest BCUT2D eigenvalue weighted by molar-refractivity contribution is 6.35. The molecule has 9 heteroatoms. The molecule has 3 atom stereocenters. The van der Waals surface area contributed by atoms with Gasteiger partial charge in [0.25, 0.3) is 0 Å². The Kier molecular flexibility index (Phi) is 7.40. The molecule has 0 aliphatic carbocycles. The maximum absolute atomic E-state index is 13.4. The Hall–Kier alpha value is -1.67. The van der Waals surface area contributed by atoms with E-state index in [1.165, 1.54) is 0 Å². The fourth-order valence-corrected chi connectivity index (χ4v) is 5.44. The Morgan fingerprint density at radius 1 is 1.19 bits per heavy atom. The summed E-state index contributed by atoms with van der Waals surface area (Å²) in [4.78, 5) is 28.9. The van der Waals surface area contributed by atoms with Gasteiger partial charge < -0.3 is 14.5 Å². The lowest BCUT2D eigenvalue weighted by molar-refractivity contribution is -0.136. The van der Waals surface area contributed by atoms with Crippen LogP contribution in [0.15, 0.2) is 28.2 Å². The minimum absolute atomic E-state index is 0.142. The number of amides is 1. The van der Waals surface area contributed by atoms with Gasteiger partial charge in [-0.15, -0.1) is 0 Å². The number of aliphatic imine (C=N–C) groups is 2. The molecule has 0 aromatic heterocycles. The van der Waals surface area contributed by atoms with Crippen molar-refractivity contribution >= 4 is 47.3 Å². The number of carbonyl (C=O) groups is 1. The highest BCUT2D eigenvalue weighted by Gasteiger charge is 2.38. The molecule has 2 unspecified atom stereocenters. The summed E-state index contributed by atoms with van der Waals surface area (Å²) in [6.07, 6.45) is 4.19. The van der Waals surface area contributed by atoms with Crippen LogP contribution < -0.4 is 4.90 Å². The molecule has 0 spiro atoms. The number of benzene rings is 1. The number of halogens is 2. The minimum atomic E-state index is -0.433. The zero-order valence-corrected chi connectivity index (χ0v) is 20.2. The third-order valence-electron chi connectivity index (χ3n) is 6.50. The molecule has 174 valence electrons. The molecule has 32 heavy (non-hydrogen) atoms. The third-order valence-corrected chi connectivity index (χ3v) is 6.93. The SMILES string of the molecule is CC(CC1(CN2CCOCC2)C=NC=N1)C(=O)N1CCN(c2cc(Cl)cc(Cl)c2)[C@@H](C)C1. The molecule has 1 amide bonds. The van der Waals surface area contributed by atoms with Crippen LogP contribution in [0.5, 0.6) is 0 Å². The van der Waals surface area contributed by atoms with Crippen molar-refractivity contribution in [2.45, 2.75) is 31.8 Å². The second kappa shape index (κ2) is 10.1. The van der Waals surface area contributed by atoms with Gasteiger partial charge in [0.2, 0.25) is 5.91 Å². The van der Waals surface area contributed by atoms with Gasteiger partial charge in [-0.25, -0.2) is 4.99 Å². The van der Waals surface area contributed by atoms with Crippen molar-refractivity contribution in [1.29, 1.82) is 0 Å². The quantitative estimate of drug-likeness (QED) is 0.628. The van der Waals surface area contributed by atoms with Gasteiger partial charge in [0.15, 0.2) is 0 Å². The van der Waals surface area contributed by atoms with Crippen molar-refractivity contribution in [3.63, 3.8) is 0 Å². The summed E-state index contributed by atoms with van der Waals surface area (Å²) >= 11 is 12.4. The lowest BCUT2D eigenvalue weighted by Gasteiger charge is -2.42. The van der Waals surface area contributed by atoms with E-state index in [4.69, 9.17) is 27.9 Å². The first-order valence-electron chi connectivity index (χ1n) is 11.2. The van der Waals surface area contributed by atoms with Gasteiger partial charge >= 0.3 is 0 Å². The van der Waals surface area contributed by atoms with Crippen LogP contribution in [0.1, 0.15) is 20.3 Å². The molecule has 3 aliphatic heterocycles. The average Bonchev–Trinajstić information content (AvgIpc) is 3.20. The first-order chi connectivity index (χ1) is 15.3. The number of piperazine rings is 1. The number of ether oxygens (including phenoxy) is 1. The fourth-order valence-electron chi connectivity index (χ4n) is 4.93. The Morgan fingerprint density at radius 2 is 1.91 bits per heavy atom. The van der Waals surface area contributed by atoms with Gasteiger partial charge in [0, 0.05) is 73.2 Å². The Morgan fingerprint density at radius 3 is 2.53 bits per heavy atom. The number of nitrogens with zero attached hydrogens (tertiary/aromatic N) is 5. The zero-order chi connectivity index (χ0) is 22.7. The first-order valence-corrected chi connectivity index (χ1v) is 12.0. The van der Waals surface area contributed by atoms with E-state index in [9.17, 15) is 4.79 Å². The number of carbonyl (C=O) groups excluding carboxylic acids is 1. The minimum Gasteiger partial charge on any atom is -0.379 e. The van der Waals surface area contributed by atoms with E-state index in [1.54, 1.807) is 12.4 Å². The van der Waals surface area contributed by atoms with Gasteiger partial charge in [-0.05, 0) is 31.5 Å². The molecule has 7 nitrogen and oxygen atoms in total. The van der Waals surface area contributed by atoms with E-state index >= 15 is 0 Å². The number of morpholine rings is 1. The van der Waals surface area contributed by atoms with Crippen LogP contribution in [-0.4, -0.2) is 92.3 Å². The van der Waals surface area contributed by atoms with Crippen molar-refractivity contribution in [3.05, 3.63) is 28.2 Å². The largest absolute Gasteiger partial charge is 0.379 e. The van der Waals surface area contributed by atoms with Crippen LogP contribution in [0.2, 0.25) is 10.0 Å². The van der Waals surface area contributed by atoms with Crippen LogP contribution in [0, 0.1) is 5.92 Å². The van der Waals surface area contributed by atoms with E-state index in [1.807, 2.05) is 30.2 Å². The third kappa shape index (κ3) is 5.45. The van der Waals surface area contributed by atoms with Crippen LogP contribution in [0.3, 0.4) is 0 Å². The summed E-state index contributed by atoms with van der Waals surface area (Å²) in [5.74, 6) is 0.0367. The van der Waals surface area contributed by atoms with Gasteiger partial charge in [0.1, 0.15) is 11.9 Å². The fraction of sp³-hybridized carbons (Fsp3) is 0.609. The van der Waals surface area contributed by atoms with Gasteiger partial charge in [-0.2, -0.15) is 0 Å². The molecule has 0 saturated carbocycles. The molecule has 3 aliphatic rings. The van der Waals surface area contributed by atoms with Crippen molar-refractivity contribution in [2.24, 2.45) is 15.9 Å². The maximum Gasteiger partial charge on any atom is 0.225 e. The van der Waals surface area contributed by atoms with E-state index in [2.05, 4.69) is 26.7 Å². The molecule has 1 aromatic carbocycles. The highest BCUT2D eigenvalue weighted by Crippen LogP contribution is 2.30. The second-order valence-corrected chi connectivity index (χ2v) is 9.95. The van der Waals surface area contributed by atoms with Crippen molar-refractivity contribution < 1.29 is 9.53 Å². The highest BCUT2D eigenvalue weighted by atomic mass is 35.5. The number of anilines is 1. The summed E-state index contributed by atoms with van der Waals surface area (Å²) in [6, 6.07) is 5.76. The molecule has 0 bridgehead atoms. The monoisotopic (exact) mass is 479 g/mol. The predicted molar refractivity (Wildman–Crippen MR) is 131 cm³/mol. The lowest BCUT2D eigenvalue weighted by Crippen LogP contribution is -2.55. The summed E-state index contributed by atoms with van der Waals surface area (Å²) in [5, 5.41) is 1.24. The Labute approximate surface area is 200 Å². The van der Waals surface area contributed by atoms with Crippen molar-refractivity contribution in [3.8, 4) is 0 Å². The van der Waals surface area contributed by atoms with E-state index in [0.29, 0.717) is 29.6 Å². The molecule has 3 heterocycles. The molecule has 1 aromatic rings. The van der Waals surface area contributed by atoms with E-state index in [-0.39, 0.29) is 17.9 Å². The predicted octanol–water partition coefficient (Wildman–Crippen LogP) is 3.24. The maximum atomic E-state index is 13.4. The molecule has 4 rings (SSSR count). The van der Waals surface area contributed by atoms with Crippen molar-refractivity contribution in [2.75, 3.05) is 57.4 Å². The topological polar surface area (TPSA) is 60.7 Å². The first kappa shape index (κ1) is 23.5. The molecular weight excluding hydrogens is 449 g/mol. The summed E-state index contributed by atoms with van der Waals surface area (Å²) < 4.78 is 5.47. The van der Waals surface area contributed by atoms with Crippen LogP contribution >= 0.6 is 23.2 Å². The molecule has 0 radical (unpaired) electrons. The van der Waals surface area contributed by atoms with E-state index < -0.39 is 5.54 Å². The normalized spacial score (nSPS) is 27.2. The standard InChI is InChI=1S/C23H31Cl2N5O2/c1-17(12-23(14-26-16-27-23)15-28-5-7-32-8-6-28)22(31)29-3-4-30(18(2)13-29)21-10-19(24)9-20(25)11-21/h9-11,14,16-18H,3-8,12-13,15H2,1-2H3/t17?,18-,23?/m0/s1. The Bertz CT molecular complexity index is 855. The van der Waals surface area contributed by atoms with Gasteiger partial charge in [-0.3, -0.25) is 14.7 Å². The Balaban J connectivity index is 1.37. The smallest absolute Gasteiger partial charge is 0.225 e. The average molecular weight is 480 g/mol. The van der Waals surface area contributed by atoms with Crippen molar-refractivity contribution in [1.82, 2.24) is 9.80 Å². The molecular formula is C23H31Cl2N5O2. The molecule has 2 fully saturated rings. The second-order valence-electron chi connectivity index (χ2n) is 9.07. The van der Waals surface area contributed by atoms with E-state index in [0.717, 1.165) is 45.1 Å². The van der Waals surface area contributed by atoms with Gasteiger partial charge in [-0.1, -0.05) is 30.1 Å². The van der Waals surface area contributed by atoms with Crippen LogP contribution in [0.4, 0.5) is 5.69 Å². The van der Waals surface area contributed by atoms with Crippen LogP contribution in [0.25, 0.3) is 0 Å². The van der Waals surface area contributed by atoms with Crippen LogP contribution in [-0.2, 0) is 9.53 Å². The summed E-state index contributed by atoms with van der Waals surface area (Å²) in [7, 11) is 0. The number of hydrogen-bond acceptors (Lipinski definition) is 6. The van der Waals surface area contributed by atoms with Gasteiger partial charge in [0.05, 0.1) is 13.2 Å². The molecule has 0 N–H and O–H groups in total. The zero-order valence-electron chi connectivity index (χ0n) is 18.7. The summed E-state index contributed by atoms with van der Waals surface area (Å²) in [5.41, 5.74) is 0.563. The lowest BCUT2D eigenvalue weighted by atomic mass is 9.88. The summed E-state index contributed by atoms with van der Waals surface area (Å²) in [6.45, 7) is 10.3. The number of hydrogen-bond donors (Lipinski definition) is 0.